The number of carbonyl (C=O) groups excluding carboxylic acids is 1. The van der Waals surface area contributed by atoms with E-state index in [0.29, 0.717) is 24.3 Å². The van der Waals surface area contributed by atoms with Crippen LogP contribution in [0.3, 0.4) is 0 Å². The number of furan rings is 1. The fourth-order valence-electron chi connectivity index (χ4n) is 3.44. The van der Waals surface area contributed by atoms with Crippen LogP contribution in [0.5, 0.6) is 10.8 Å². The predicted molar refractivity (Wildman–Crippen MR) is 157 cm³/mol. The van der Waals surface area contributed by atoms with Crippen molar-refractivity contribution in [3.05, 3.63) is 65.1 Å². The lowest BCUT2D eigenvalue weighted by molar-refractivity contribution is -0.131. The van der Waals surface area contributed by atoms with Gasteiger partial charge in [-0.3, -0.25) is 0 Å². The van der Waals surface area contributed by atoms with Gasteiger partial charge in [0.05, 0.1) is 17.4 Å². The minimum Gasteiger partial charge on any atom is -0.478 e. The SMILES string of the molecule is CC.CNCc1c(C)oc2c(Oc3cncs3)cccc12.CNc1ncc(/C=C/C(=O)O)cc1NCCC=O. The van der Waals surface area contributed by atoms with Crippen molar-refractivity contribution in [1.82, 2.24) is 15.3 Å². The third kappa shape index (κ3) is 9.24. The number of anilines is 2. The van der Waals surface area contributed by atoms with E-state index >= 15 is 0 Å². The number of hydrogen-bond donors (Lipinski definition) is 4. The predicted octanol–water partition coefficient (Wildman–Crippen LogP) is 5.96. The Morgan fingerprint density at radius 1 is 1.23 bits per heavy atom. The van der Waals surface area contributed by atoms with Gasteiger partial charge < -0.3 is 35.0 Å². The molecular weight excluding hydrogens is 518 g/mol. The van der Waals surface area contributed by atoms with E-state index in [4.69, 9.17) is 14.3 Å². The van der Waals surface area contributed by atoms with Crippen LogP contribution in [0.1, 0.15) is 37.2 Å². The minimum atomic E-state index is -1.01. The highest BCUT2D eigenvalue weighted by Crippen LogP contribution is 2.35. The summed E-state index contributed by atoms with van der Waals surface area (Å²) in [7, 11) is 3.66. The van der Waals surface area contributed by atoms with Crippen molar-refractivity contribution in [2.75, 3.05) is 31.3 Å². The average Bonchev–Trinajstić information content (AvgIpc) is 3.57. The van der Waals surface area contributed by atoms with Gasteiger partial charge in [0.2, 0.25) is 5.06 Å². The maximum Gasteiger partial charge on any atom is 0.328 e. The maximum absolute atomic E-state index is 10.4. The first-order chi connectivity index (χ1) is 19.0. The van der Waals surface area contributed by atoms with E-state index in [0.717, 1.165) is 52.1 Å². The second-order valence-corrected chi connectivity index (χ2v) is 8.54. The Bertz CT molecular complexity index is 1350. The van der Waals surface area contributed by atoms with Crippen molar-refractivity contribution in [3.8, 4) is 10.8 Å². The molecule has 4 aromatic rings. The molecule has 4 N–H and O–H groups in total. The van der Waals surface area contributed by atoms with Crippen LogP contribution >= 0.6 is 11.3 Å². The monoisotopic (exact) mass is 553 g/mol. The fraction of sp³-hybridized carbons (Fsp3) is 0.286. The normalized spacial score (nSPS) is 10.3. The van der Waals surface area contributed by atoms with E-state index in [-0.39, 0.29) is 0 Å². The van der Waals surface area contributed by atoms with Crippen LogP contribution in [-0.4, -0.2) is 48.0 Å². The molecule has 0 atom stereocenters. The smallest absolute Gasteiger partial charge is 0.328 e. The van der Waals surface area contributed by atoms with Gasteiger partial charge in [-0.1, -0.05) is 37.3 Å². The Morgan fingerprint density at radius 2 is 2.03 bits per heavy atom. The number of thiazole rings is 1. The van der Waals surface area contributed by atoms with Crippen LogP contribution in [0.15, 0.2) is 52.7 Å². The number of carboxylic acid groups (broad SMARTS) is 1. The molecule has 0 aliphatic heterocycles. The van der Waals surface area contributed by atoms with Crippen molar-refractivity contribution >= 4 is 52.1 Å². The van der Waals surface area contributed by atoms with Crippen LogP contribution in [0, 0.1) is 6.92 Å². The van der Waals surface area contributed by atoms with Gasteiger partial charge in [0.1, 0.15) is 17.9 Å². The maximum atomic E-state index is 10.4. The van der Waals surface area contributed by atoms with E-state index in [9.17, 15) is 9.59 Å². The molecule has 10 nitrogen and oxygen atoms in total. The van der Waals surface area contributed by atoms with Gasteiger partial charge in [0, 0.05) is 49.8 Å². The number of para-hydroxylation sites is 1. The topological polar surface area (TPSA) is 139 Å². The molecule has 3 heterocycles. The number of aryl methyl sites for hydroxylation is 1. The zero-order valence-corrected chi connectivity index (χ0v) is 23.6. The van der Waals surface area contributed by atoms with E-state index in [1.54, 1.807) is 31.0 Å². The number of aromatic nitrogens is 2. The zero-order valence-electron chi connectivity index (χ0n) is 22.8. The largest absolute Gasteiger partial charge is 0.478 e. The number of nitrogens with one attached hydrogen (secondary N) is 3. The number of benzene rings is 1. The zero-order chi connectivity index (χ0) is 28.6. The number of hydrogen-bond acceptors (Lipinski definition) is 10. The van der Waals surface area contributed by atoms with E-state index in [1.165, 1.54) is 23.0 Å². The summed E-state index contributed by atoms with van der Waals surface area (Å²) >= 11 is 1.46. The number of carboxylic acids is 1. The fourth-order valence-corrected chi connectivity index (χ4v) is 3.93. The first kappa shape index (κ1) is 31.0. The quantitative estimate of drug-likeness (QED) is 0.1000. The van der Waals surface area contributed by atoms with Gasteiger partial charge in [-0.25, -0.2) is 14.8 Å². The van der Waals surface area contributed by atoms with Gasteiger partial charge >= 0.3 is 5.97 Å². The lowest BCUT2D eigenvalue weighted by atomic mass is 10.1. The van der Waals surface area contributed by atoms with E-state index in [2.05, 4.69) is 32.0 Å². The summed E-state index contributed by atoms with van der Waals surface area (Å²) in [6.07, 6.45) is 7.00. The van der Waals surface area contributed by atoms with Crippen LogP contribution < -0.4 is 20.7 Å². The molecule has 208 valence electrons. The van der Waals surface area contributed by atoms with Crippen molar-refractivity contribution in [3.63, 3.8) is 0 Å². The van der Waals surface area contributed by atoms with Crippen LogP contribution in [0.2, 0.25) is 0 Å². The summed E-state index contributed by atoms with van der Waals surface area (Å²) in [6, 6.07) is 7.71. The molecule has 0 aliphatic carbocycles. The summed E-state index contributed by atoms with van der Waals surface area (Å²) in [6.45, 7) is 7.26. The third-order valence-corrected chi connectivity index (χ3v) is 5.75. The van der Waals surface area contributed by atoms with Crippen LogP contribution in [0.4, 0.5) is 11.5 Å². The first-order valence-corrected chi connectivity index (χ1v) is 13.3. The van der Waals surface area contributed by atoms with Crippen LogP contribution in [-0.2, 0) is 16.1 Å². The number of pyridine rings is 1. The highest BCUT2D eigenvalue weighted by molar-refractivity contribution is 7.11. The molecule has 0 radical (unpaired) electrons. The molecule has 0 amide bonds. The lowest BCUT2D eigenvalue weighted by Crippen LogP contribution is -2.06. The Hall–Kier alpha value is -4.22. The molecule has 0 bridgehead atoms. The van der Waals surface area contributed by atoms with E-state index in [1.807, 2.05) is 40.0 Å². The summed E-state index contributed by atoms with van der Waals surface area (Å²) in [5, 5.41) is 19.5. The van der Waals surface area contributed by atoms with Crippen molar-refractivity contribution < 1.29 is 23.8 Å². The van der Waals surface area contributed by atoms with Gasteiger partial charge in [0.15, 0.2) is 11.3 Å². The minimum absolute atomic E-state index is 0.401. The van der Waals surface area contributed by atoms with Gasteiger partial charge in [-0.2, -0.15) is 0 Å². The number of fused-ring (bicyclic) bond motifs is 1. The Labute approximate surface area is 232 Å². The molecule has 0 saturated carbocycles. The summed E-state index contributed by atoms with van der Waals surface area (Å²) in [5.74, 6) is 1.29. The second kappa shape index (κ2) is 16.6. The van der Waals surface area contributed by atoms with Crippen molar-refractivity contribution in [2.45, 2.75) is 33.7 Å². The molecule has 3 aromatic heterocycles. The molecule has 4 rings (SSSR count). The number of aliphatic carboxylic acids is 1. The Kier molecular flexibility index (Phi) is 13.2. The Morgan fingerprint density at radius 3 is 2.67 bits per heavy atom. The molecule has 0 aliphatic rings. The summed E-state index contributed by atoms with van der Waals surface area (Å²) < 4.78 is 11.7. The molecular formula is C28H35N5O5S. The Balaban J connectivity index is 0.000000258. The highest BCUT2D eigenvalue weighted by atomic mass is 32.1. The van der Waals surface area contributed by atoms with Gasteiger partial charge in [0.25, 0.3) is 0 Å². The molecule has 39 heavy (non-hydrogen) atoms. The van der Waals surface area contributed by atoms with Crippen molar-refractivity contribution in [1.29, 1.82) is 0 Å². The number of aldehydes is 1. The standard InChI is InChI=1S/C14H14N2O2S.C12H15N3O3.C2H6/c1-9-11(6-15-2)10-4-3-5-12(14(10)17-9)18-13-7-16-8-19-13;1-13-12-10(14-5-2-6-16)7-9(8-15-12)3-4-11(17)18;1-2/h3-5,7-8,15H,6H2,1-2H3;3-4,6-8,14H,2,5H2,1H3,(H,13,15)(H,17,18);1-2H3/b;4-3+;. The van der Waals surface area contributed by atoms with Gasteiger partial charge in [-0.15, -0.1) is 0 Å². The number of rotatable bonds is 11. The average molecular weight is 554 g/mol. The van der Waals surface area contributed by atoms with E-state index < -0.39 is 5.97 Å². The molecule has 0 unspecified atom stereocenters. The lowest BCUT2D eigenvalue weighted by Gasteiger charge is -2.10. The molecule has 11 heteroatoms. The van der Waals surface area contributed by atoms with Crippen molar-refractivity contribution in [2.24, 2.45) is 0 Å². The molecule has 0 fully saturated rings. The highest BCUT2D eigenvalue weighted by Gasteiger charge is 2.14. The summed E-state index contributed by atoms with van der Waals surface area (Å²) in [5.41, 5.74) is 5.11. The molecule has 0 spiro atoms. The first-order valence-electron chi connectivity index (χ1n) is 12.4. The second-order valence-electron chi connectivity index (χ2n) is 7.69. The third-order valence-electron chi connectivity index (χ3n) is 5.10. The van der Waals surface area contributed by atoms with Crippen LogP contribution in [0.25, 0.3) is 17.0 Å². The molecule has 0 saturated heterocycles. The van der Waals surface area contributed by atoms with Gasteiger partial charge in [-0.05, 0) is 37.7 Å². The summed E-state index contributed by atoms with van der Waals surface area (Å²) in [4.78, 5) is 28.8. The number of nitrogens with zero attached hydrogens (tertiary/aromatic N) is 2. The number of carbonyl (C=O) groups is 2. The number of ether oxygens (including phenoxy) is 1. The molecule has 1 aromatic carbocycles.